The lowest BCUT2D eigenvalue weighted by molar-refractivity contribution is 0.0571. The lowest BCUT2D eigenvalue weighted by Crippen LogP contribution is -2.51. The molecule has 0 N–H and O–H groups in total. The Morgan fingerprint density at radius 2 is 1.79 bits per heavy atom. The molecule has 1 aromatic carbocycles. The maximum atomic E-state index is 12.3. The second kappa shape index (κ2) is 7.68. The molecule has 0 saturated carbocycles. The average Bonchev–Trinajstić information content (AvgIpc) is 3.35. The van der Waals surface area contributed by atoms with Crippen molar-refractivity contribution in [1.82, 2.24) is 18.5 Å². The maximum absolute atomic E-state index is 12.3. The topological polar surface area (TPSA) is 74.3 Å². The molecular weight excluding hydrogens is 392 g/mol. The van der Waals surface area contributed by atoms with Crippen LogP contribution in [0.1, 0.15) is 0 Å². The number of benzene rings is 1. The van der Waals surface area contributed by atoms with Crippen LogP contribution in [0, 0.1) is 0 Å². The molecule has 0 radical (unpaired) electrons. The zero-order valence-corrected chi connectivity index (χ0v) is 17.2. The van der Waals surface area contributed by atoms with Crippen molar-refractivity contribution in [2.45, 2.75) is 6.10 Å². The number of ether oxygens (including phenoxy) is 2. The molecule has 3 aliphatic rings. The normalized spacial score (nSPS) is 22.4. The molecule has 0 spiro atoms. The fourth-order valence-electron chi connectivity index (χ4n) is 3.98. The van der Waals surface area contributed by atoms with Gasteiger partial charge in [-0.2, -0.15) is 8.75 Å². The van der Waals surface area contributed by atoms with E-state index in [0.29, 0.717) is 19.0 Å². The number of anilines is 2. The van der Waals surface area contributed by atoms with Crippen molar-refractivity contribution in [3.63, 3.8) is 0 Å². The van der Waals surface area contributed by atoms with Gasteiger partial charge in [0.1, 0.15) is 12.7 Å². The van der Waals surface area contributed by atoms with Crippen molar-refractivity contribution in [1.29, 1.82) is 0 Å². The number of amides is 2. The Kier molecular flexibility index (Phi) is 4.88. The molecule has 3 aliphatic heterocycles. The maximum Gasteiger partial charge on any atom is 0.325 e. The minimum absolute atomic E-state index is 0.00712. The Morgan fingerprint density at radius 3 is 2.55 bits per heavy atom. The van der Waals surface area contributed by atoms with Gasteiger partial charge in [0.2, 0.25) is 0 Å². The van der Waals surface area contributed by atoms with Crippen LogP contribution in [0.4, 0.5) is 16.4 Å². The van der Waals surface area contributed by atoms with E-state index >= 15 is 0 Å². The number of hydrogen-bond donors (Lipinski definition) is 0. The molecule has 10 heteroatoms. The smallest absolute Gasteiger partial charge is 0.325 e. The summed E-state index contributed by atoms with van der Waals surface area (Å²) in [6.07, 6.45) is 0.0331. The number of aromatic nitrogens is 2. The van der Waals surface area contributed by atoms with Gasteiger partial charge in [0.25, 0.3) is 0 Å². The Bertz CT molecular complexity index is 884. The second-order valence-corrected chi connectivity index (χ2v) is 8.08. The second-order valence-electron chi connectivity index (χ2n) is 7.55. The van der Waals surface area contributed by atoms with Gasteiger partial charge in [-0.25, -0.2) is 4.79 Å². The van der Waals surface area contributed by atoms with Gasteiger partial charge in [0.15, 0.2) is 23.1 Å². The number of nitrogens with zero attached hydrogens (tertiary/aromatic N) is 6. The van der Waals surface area contributed by atoms with Gasteiger partial charge in [0, 0.05) is 52.9 Å². The third kappa shape index (κ3) is 3.58. The first-order chi connectivity index (χ1) is 14.2. The molecule has 0 bridgehead atoms. The summed E-state index contributed by atoms with van der Waals surface area (Å²) in [6, 6.07) is 7.80. The van der Waals surface area contributed by atoms with Gasteiger partial charge in [-0.1, -0.05) is 12.1 Å². The molecule has 4 heterocycles. The molecule has 1 aromatic heterocycles. The quantitative estimate of drug-likeness (QED) is 0.745. The zero-order chi connectivity index (χ0) is 19.8. The molecule has 2 aromatic rings. The van der Waals surface area contributed by atoms with Crippen molar-refractivity contribution >= 4 is 29.4 Å². The Balaban J connectivity index is 1.18. The Morgan fingerprint density at radius 1 is 1.03 bits per heavy atom. The van der Waals surface area contributed by atoms with Crippen LogP contribution in [0.3, 0.4) is 0 Å². The molecule has 2 amide bonds. The van der Waals surface area contributed by atoms with Crippen LogP contribution in [0.2, 0.25) is 0 Å². The molecule has 2 fully saturated rings. The number of urea groups is 1. The first-order valence-electron chi connectivity index (χ1n) is 9.90. The van der Waals surface area contributed by atoms with Crippen LogP contribution in [0.5, 0.6) is 11.5 Å². The lowest BCUT2D eigenvalue weighted by Gasteiger charge is -2.37. The van der Waals surface area contributed by atoms with Gasteiger partial charge in [0.05, 0.1) is 11.7 Å². The van der Waals surface area contributed by atoms with Crippen LogP contribution in [-0.4, -0.2) is 90.1 Å². The van der Waals surface area contributed by atoms with E-state index < -0.39 is 0 Å². The van der Waals surface area contributed by atoms with Crippen LogP contribution in [-0.2, 0) is 0 Å². The highest BCUT2D eigenvalue weighted by molar-refractivity contribution is 6.99. The summed E-state index contributed by atoms with van der Waals surface area (Å²) in [4.78, 5) is 20.4. The van der Waals surface area contributed by atoms with Crippen LogP contribution < -0.4 is 19.3 Å². The van der Waals surface area contributed by atoms with Crippen molar-refractivity contribution in [2.75, 3.05) is 69.3 Å². The molecule has 0 aliphatic carbocycles. The third-order valence-electron chi connectivity index (χ3n) is 5.63. The lowest BCUT2D eigenvalue weighted by atomic mass is 10.2. The van der Waals surface area contributed by atoms with Gasteiger partial charge in [-0.05, 0) is 12.1 Å². The van der Waals surface area contributed by atoms with Crippen LogP contribution in [0.25, 0.3) is 0 Å². The number of carbonyl (C=O) groups excluding carboxylic acids is 1. The summed E-state index contributed by atoms with van der Waals surface area (Å²) >= 11 is 1.17. The number of piperazine rings is 1. The van der Waals surface area contributed by atoms with E-state index in [0.717, 1.165) is 56.6 Å². The summed E-state index contributed by atoms with van der Waals surface area (Å²) in [7, 11) is 1.82. The van der Waals surface area contributed by atoms with E-state index in [1.807, 2.05) is 31.3 Å². The minimum atomic E-state index is -0.00712. The molecule has 5 rings (SSSR count). The summed E-state index contributed by atoms with van der Waals surface area (Å²) in [5, 5.41) is 0. The number of para-hydroxylation sites is 2. The highest BCUT2D eigenvalue weighted by atomic mass is 32.1. The van der Waals surface area contributed by atoms with Crippen molar-refractivity contribution < 1.29 is 14.3 Å². The number of hydrogen-bond acceptors (Lipinski definition) is 8. The predicted molar refractivity (Wildman–Crippen MR) is 110 cm³/mol. The zero-order valence-electron chi connectivity index (χ0n) is 16.4. The van der Waals surface area contributed by atoms with Crippen molar-refractivity contribution in [3.8, 4) is 11.5 Å². The van der Waals surface area contributed by atoms with Crippen molar-refractivity contribution in [3.05, 3.63) is 24.3 Å². The standard InChI is InChI=1S/C19H24N6O3S/c1-22-6-11-25(19(22)26)18-17(20-29-21-18)24-9-7-23(8-10-24)12-14-13-27-15-4-2-3-5-16(15)28-14/h2-5,14H,6-13H2,1H3. The molecule has 2 saturated heterocycles. The Labute approximate surface area is 173 Å². The molecular formula is C19H24N6O3S. The summed E-state index contributed by atoms with van der Waals surface area (Å²) < 4.78 is 20.8. The highest BCUT2D eigenvalue weighted by Gasteiger charge is 2.33. The monoisotopic (exact) mass is 416 g/mol. The number of fused-ring (bicyclic) bond motifs is 1. The Hall–Kier alpha value is -2.59. The average molecular weight is 417 g/mol. The van der Waals surface area contributed by atoms with E-state index in [4.69, 9.17) is 9.47 Å². The fraction of sp³-hybridized carbons (Fsp3) is 0.526. The molecule has 9 nitrogen and oxygen atoms in total. The van der Waals surface area contributed by atoms with Crippen LogP contribution in [0.15, 0.2) is 24.3 Å². The van der Waals surface area contributed by atoms with Gasteiger partial charge in [-0.15, -0.1) is 0 Å². The predicted octanol–water partition coefficient (Wildman–Crippen LogP) is 1.37. The number of carbonyl (C=O) groups is 1. The van der Waals surface area contributed by atoms with Crippen molar-refractivity contribution in [2.24, 2.45) is 0 Å². The fourth-order valence-corrected chi connectivity index (χ4v) is 4.55. The van der Waals surface area contributed by atoms with E-state index in [2.05, 4.69) is 18.5 Å². The first kappa shape index (κ1) is 18.4. The minimum Gasteiger partial charge on any atom is -0.486 e. The molecule has 29 heavy (non-hydrogen) atoms. The van der Waals surface area contributed by atoms with E-state index in [9.17, 15) is 4.79 Å². The molecule has 1 atom stereocenters. The number of rotatable bonds is 4. The van der Waals surface area contributed by atoms with E-state index in [-0.39, 0.29) is 12.1 Å². The van der Waals surface area contributed by atoms with Gasteiger partial charge < -0.3 is 19.3 Å². The third-order valence-corrected chi connectivity index (χ3v) is 6.14. The molecule has 154 valence electrons. The van der Waals surface area contributed by atoms with E-state index in [1.165, 1.54) is 11.7 Å². The summed E-state index contributed by atoms with van der Waals surface area (Å²) in [5.74, 6) is 3.16. The largest absolute Gasteiger partial charge is 0.486 e. The SMILES string of the molecule is CN1CCN(c2nsnc2N2CCN(CC3COc4ccccc4O3)CC2)C1=O. The summed E-state index contributed by atoms with van der Waals surface area (Å²) in [6.45, 7) is 6.30. The van der Waals surface area contributed by atoms with Gasteiger partial charge >= 0.3 is 6.03 Å². The van der Waals surface area contributed by atoms with E-state index in [1.54, 1.807) is 9.80 Å². The molecule has 1 unspecified atom stereocenters. The summed E-state index contributed by atoms with van der Waals surface area (Å²) in [5.41, 5.74) is 0. The van der Waals surface area contributed by atoms with Crippen LogP contribution >= 0.6 is 11.7 Å². The highest BCUT2D eigenvalue weighted by Crippen LogP contribution is 2.32. The van der Waals surface area contributed by atoms with Gasteiger partial charge in [-0.3, -0.25) is 9.80 Å². The first-order valence-corrected chi connectivity index (χ1v) is 10.6. The number of likely N-dealkylation sites (N-methyl/N-ethyl adjacent to an activating group) is 1.